The fourth-order valence-electron chi connectivity index (χ4n) is 4.10. The van der Waals surface area contributed by atoms with E-state index in [1.54, 1.807) is 12.4 Å². The Labute approximate surface area is 165 Å². The zero-order valence-electron chi connectivity index (χ0n) is 15.8. The van der Waals surface area contributed by atoms with Crippen LogP contribution in [0.25, 0.3) is 11.4 Å². The van der Waals surface area contributed by atoms with Crippen LogP contribution in [0.2, 0.25) is 0 Å². The average molecular weight is 373 g/mol. The monoisotopic (exact) mass is 373 g/mol. The topological polar surface area (TPSA) is 47.5 Å². The van der Waals surface area contributed by atoms with Gasteiger partial charge in [0.2, 0.25) is 0 Å². The summed E-state index contributed by atoms with van der Waals surface area (Å²) in [5.74, 6) is 2.51. The quantitative estimate of drug-likeness (QED) is 0.684. The number of hydrogen-bond acceptors (Lipinski definition) is 5. The van der Waals surface area contributed by atoms with E-state index < -0.39 is 0 Å². The first-order chi connectivity index (χ1) is 13.9. The van der Waals surface area contributed by atoms with Crippen LogP contribution in [0.3, 0.4) is 0 Å². The van der Waals surface area contributed by atoms with Gasteiger partial charge in [-0.1, -0.05) is 30.3 Å². The van der Waals surface area contributed by atoms with Crippen molar-refractivity contribution in [1.29, 1.82) is 0 Å². The summed E-state index contributed by atoms with van der Waals surface area (Å²) in [7, 11) is 0. The predicted molar refractivity (Wildman–Crippen MR) is 107 cm³/mol. The molecule has 0 amide bonds. The van der Waals surface area contributed by atoms with Gasteiger partial charge < -0.3 is 9.47 Å². The number of ether oxygens (including phenoxy) is 2. The third kappa shape index (κ3) is 3.45. The predicted octanol–water partition coefficient (Wildman–Crippen LogP) is 4.25. The molecule has 5 nitrogen and oxygen atoms in total. The number of hydrogen-bond donors (Lipinski definition) is 0. The van der Waals surface area contributed by atoms with Crippen LogP contribution in [0.1, 0.15) is 30.0 Å². The van der Waals surface area contributed by atoms with Crippen molar-refractivity contribution in [2.24, 2.45) is 0 Å². The smallest absolute Gasteiger partial charge is 0.161 e. The number of likely N-dealkylation sites (tertiary alicyclic amines) is 1. The van der Waals surface area contributed by atoms with E-state index >= 15 is 0 Å². The standard InChI is InChI=1S/C23H23N3O2/c1-3-20(19-8-9-21-22(15-19)28-14-13-27-21)26(12-1)16-17-4-6-18(7-5-17)23-24-10-2-11-25-23/h2,4-11,15,20H,1,3,12-14,16H2/t20-/m1/s1. The minimum atomic E-state index is 0.424. The van der Waals surface area contributed by atoms with Crippen LogP contribution in [0, 0.1) is 0 Å². The van der Waals surface area contributed by atoms with Gasteiger partial charge in [0.15, 0.2) is 17.3 Å². The molecule has 1 aromatic heterocycles. The number of benzene rings is 2. The van der Waals surface area contributed by atoms with Gasteiger partial charge in [0, 0.05) is 30.5 Å². The summed E-state index contributed by atoms with van der Waals surface area (Å²) in [4.78, 5) is 11.2. The lowest BCUT2D eigenvalue weighted by Crippen LogP contribution is -2.23. The maximum atomic E-state index is 5.78. The van der Waals surface area contributed by atoms with Crippen molar-refractivity contribution in [1.82, 2.24) is 14.9 Å². The van der Waals surface area contributed by atoms with Gasteiger partial charge in [-0.15, -0.1) is 0 Å². The van der Waals surface area contributed by atoms with E-state index in [-0.39, 0.29) is 0 Å². The van der Waals surface area contributed by atoms with Crippen LogP contribution >= 0.6 is 0 Å². The molecule has 0 N–H and O–H groups in total. The molecule has 1 saturated heterocycles. The normalized spacial score (nSPS) is 18.9. The third-order valence-electron chi connectivity index (χ3n) is 5.48. The molecule has 2 aliphatic heterocycles. The highest BCUT2D eigenvalue weighted by atomic mass is 16.6. The third-order valence-corrected chi connectivity index (χ3v) is 5.48. The van der Waals surface area contributed by atoms with Gasteiger partial charge in [0.1, 0.15) is 13.2 Å². The van der Waals surface area contributed by atoms with E-state index in [1.807, 2.05) is 6.07 Å². The molecule has 3 aromatic rings. The molecule has 0 bridgehead atoms. The van der Waals surface area contributed by atoms with Crippen molar-refractivity contribution < 1.29 is 9.47 Å². The fourth-order valence-corrected chi connectivity index (χ4v) is 4.10. The largest absolute Gasteiger partial charge is 0.486 e. The summed E-state index contributed by atoms with van der Waals surface area (Å²) >= 11 is 0. The summed E-state index contributed by atoms with van der Waals surface area (Å²) in [6.07, 6.45) is 5.95. The van der Waals surface area contributed by atoms with Gasteiger partial charge in [-0.3, -0.25) is 4.90 Å². The zero-order chi connectivity index (χ0) is 18.8. The maximum Gasteiger partial charge on any atom is 0.161 e. The van der Waals surface area contributed by atoms with Crippen molar-refractivity contribution in [2.75, 3.05) is 19.8 Å². The van der Waals surface area contributed by atoms with Crippen LogP contribution in [0.5, 0.6) is 11.5 Å². The molecular formula is C23H23N3O2. The molecule has 0 saturated carbocycles. The molecular weight excluding hydrogens is 350 g/mol. The van der Waals surface area contributed by atoms with Crippen molar-refractivity contribution in [2.45, 2.75) is 25.4 Å². The van der Waals surface area contributed by atoms with Crippen LogP contribution in [0.4, 0.5) is 0 Å². The van der Waals surface area contributed by atoms with Gasteiger partial charge in [-0.25, -0.2) is 9.97 Å². The second kappa shape index (κ2) is 7.60. The van der Waals surface area contributed by atoms with Gasteiger partial charge in [-0.05, 0) is 48.7 Å². The summed E-state index contributed by atoms with van der Waals surface area (Å²) in [6, 6.07) is 17.3. The number of fused-ring (bicyclic) bond motifs is 1. The highest BCUT2D eigenvalue weighted by molar-refractivity contribution is 5.54. The summed E-state index contributed by atoms with van der Waals surface area (Å²) in [5, 5.41) is 0. The van der Waals surface area contributed by atoms with E-state index in [4.69, 9.17) is 9.47 Å². The van der Waals surface area contributed by atoms with Gasteiger partial charge >= 0.3 is 0 Å². The van der Waals surface area contributed by atoms with E-state index in [0.29, 0.717) is 19.3 Å². The lowest BCUT2D eigenvalue weighted by Gasteiger charge is -2.26. The van der Waals surface area contributed by atoms with E-state index in [0.717, 1.165) is 36.0 Å². The van der Waals surface area contributed by atoms with E-state index in [2.05, 4.69) is 57.3 Å². The summed E-state index contributed by atoms with van der Waals surface area (Å²) in [6.45, 7) is 3.31. The molecule has 0 aliphatic carbocycles. The number of rotatable bonds is 4. The Morgan fingerprint density at radius 3 is 2.54 bits per heavy atom. The molecule has 0 radical (unpaired) electrons. The molecule has 0 unspecified atom stereocenters. The summed E-state index contributed by atoms with van der Waals surface area (Å²) < 4.78 is 11.4. The van der Waals surface area contributed by atoms with Crippen LogP contribution in [0.15, 0.2) is 60.9 Å². The number of nitrogens with zero attached hydrogens (tertiary/aromatic N) is 3. The lowest BCUT2D eigenvalue weighted by molar-refractivity contribution is 0.170. The van der Waals surface area contributed by atoms with Gasteiger partial charge in [-0.2, -0.15) is 0 Å². The first-order valence-electron chi connectivity index (χ1n) is 9.87. The first-order valence-corrected chi connectivity index (χ1v) is 9.87. The Balaban J connectivity index is 1.32. The molecule has 2 aliphatic rings. The SMILES string of the molecule is c1cnc(-c2ccc(CN3CCC[C@@H]3c3ccc4c(c3)OCCO4)cc2)nc1. The van der Waals surface area contributed by atoms with E-state index in [1.165, 1.54) is 24.0 Å². The van der Waals surface area contributed by atoms with Gasteiger partial charge in [0.05, 0.1) is 0 Å². The highest BCUT2D eigenvalue weighted by Gasteiger charge is 2.27. The van der Waals surface area contributed by atoms with Crippen molar-refractivity contribution in [3.63, 3.8) is 0 Å². The molecule has 1 atom stereocenters. The lowest BCUT2D eigenvalue weighted by atomic mass is 10.0. The fraction of sp³-hybridized carbons (Fsp3) is 0.304. The molecule has 5 heteroatoms. The molecule has 5 rings (SSSR count). The molecule has 28 heavy (non-hydrogen) atoms. The average Bonchev–Trinajstić information content (AvgIpc) is 3.23. The minimum absolute atomic E-state index is 0.424. The first kappa shape index (κ1) is 17.2. The van der Waals surface area contributed by atoms with Crippen LogP contribution in [-0.4, -0.2) is 34.6 Å². The van der Waals surface area contributed by atoms with Crippen LogP contribution < -0.4 is 9.47 Å². The van der Waals surface area contributed by atoms with Crippen molar-refractivity contribution in [3.05, 3.63) is 72.1 Å². The Bertz CT molecular complexity index is 944. The second-order valence-electron chi connectivity index (χ2n) is 7.30. The second-order valence-corrected chi connectivity index (χ2v) is 7.30. The Kier molecular flexibility index (Phi) is 4.67. The number of aromatic nitrogens is 2. The minimum Gasteiger partial charge on any atom is -0.486 e. The molecule has 1 fully saturated rings. The van der Waals surface area contributed by atoms with E-state index in [9.17, 15) is 0 Å². The zero-order valence-corrected chi connectivity index (χ0v) is 15.8. The van der Waals surface area contributed by atoms with Crippen molar-refractivity contribution in [3.8, 4) is 22.9 Å². The Morgan fingerprint density at radius 1 is 0.929 bits per heavy atom. The van der Waals surface area contributed by atoms with Crippen LogP contribution in [-0.2, 0) is 6.54 Å². The van der Waals surface area contributed by atoms with Gasteiger partial charge in [0.25, 0.3) is 0 Å². The molecule has 142 valence electrons. The molecule has 3 heterocycles. The Hall–Kier alpha value is -2.92. The highest BCUT2D eigenvalue weighted by Crippen LogP contribution is 2.38. The maximum absolute atomic E-state index is 5.78. The summed E-state index contributed by atoms with van der Waals surface area (Å²) in [5.41, 5.74) is 3.68. The molecule has 2 aromatic carbocycles. The van der Waals surface area contributed by atoms with Crippen molar-refractivity contribution >= 4 is 0 Å². The molecule has 0 spiro atoms. The Morgan fingerprint density at radius 2 is 1.71 bits per heavy atom.